The minimum Gasteiger partial charge on any atom is -0.369 e. The van der Waals surface area contributed by atoms with Gasteiger partial charge in [0.2, 0.25) is 0 Å². The lowest BCUT2D eigenvalue weighted by Crippen LogP contribution is -2.02. The first-order chi connectivity index (χ1) is 5.83. The summed E-state index contributed by atoms with van der Waals surface area (Å²) in [4.78, 5) is 8.00. The zero-order valence-corrected chi connectivity index (χ0v) is 7.04. The molecule has 0 aliphatic rings. The number of rotatable bonds is 3. The van der Waals surface area contributed by atoms with Crippen LogP contribution in [0, 0.1) is 19.3 Å². The Bertz CT molecular complexity index is 288. The molecule has 0 saturated carbocycles. The molecule has 1 rings (SSSR count). The van der Waals surface area contributed by atoms with Gasteiger partial charge in [-0.2, -0.15) is 0 Å². The molecular weight excluding hydrogens is 150 g/mol. The molecule has 1 aromatic heterocycles. The molecule has 62 valence electrons. The van der Waals surface area contributed by atoms with Crippen LogP contribution in [0.15, 0.2) is 12.4 Å². The second-order valence-electron chi connectivity index (χ2n) is 2.43. The van der Waals surface area contributed by atoms with Crippen molar-refractivity contribution in [2.24, 2.45) is 0 Å². The van der Waals surface area contributed by atoms with Gasteiger partial charge in [-0.3, -0.25) is 0 Å². The van der Waals surface area contributed by atoms with Gasteiger partial charge in [0.15, 0.2) is 0 Å². The highest BCUT2D eigenvalue weighted by atomic mass is 15.0. The largest absolute Gasteiger partial charge is 0.369 e. The van der Waals surface area contributed by atoms with Crippen molar-refractivity contribution < 1.29 is 0 Å². The van der Waals surface area contributed by atoms with Crippen molar-refractivity contribution in [3.8, 4) is 12.3 Å². The van der Waals surface area contributed by atoms with Crippen molar-refractivity contribution in [1.29, 1.82) is 0 Å². The molecule has 0 saturated heterocycles. The van der Waals surface area contributed by atoms with Crippen LogP contribution in [-0.4, -0.2) is 16.5 Å². The lowest BCUT2D eigenvalue weighted by Gasteiger charge is -2.01. The van der Waals surface area contributed by atoms with Gasteiger partial charge in [0, 0.05) is 24.7 Å². The third-order valence-electron chi connectivity index (χ3n) is 1.38. The van der Waals surface area contributed by atoms with Crippen LogP contribution in [0.25, 0.3) is 0 Å². The summed E-state index contributed by atoms with van der Waals surface area (Å²) in [6, 6.07) is 1.89. The maximum atomic E-state index is 5.10. The van der Waals surface area contributed by atoms with Crippen LogP contribution < -0.4 is 5.32 Å². The first-order valence-electron chi connectivity index (χ1n) is 3.79. The number of aromatic nitrogens is 2. The molecule has 0 atom stereocenters. The summed E-state index contributed by atoms with van der Waals surface area (Å²) in [6.45, 7) is 2.68. The molecule has 3 nitrogen and oxygen atoms in total. The molecule has 0 amide bonds. The number of aryl methyl sites for hydroxylation is 1. The van der Waals surface area contributed by atoms with Crippen molar-refractivity contribution >= 4 is 5.82 Å². The molecule has 12 heavy (non-hydrogen) atoms. The Balaban J connectivity index is 2.48. The van der Waals surface area contributed by atoms with Gasteiger partial charge >= 0.3 is 0 Å². The molecule has 0 unspecified atom stereocenters. The molecule has 1 N–H and O–H groups in total. The van der Waals surface area contributed by atoms with E-state index in [9.17, 15) is 0 Å². The van der Waals surface area contributed by atoms with Crippen LogP contribution in [0.4, 0.5) is 5.82 Å². The number of terminal acetylenes is 1. The van der Waals surface area contributed by atoms with Gasteiger partial charge in [0.25, 0.3) is 0 Å². The molecule has 1 aromatic rings. The average molecular weight is 161 g/mol. The number of hydrogen-bond acceptors (Lipinski definition) is 3. The van der Waals surface area contributed by atoms with Gasteiger partial charge in [-0.1, -0.05) is 0 Å². The summed E-state index contributed by atoms with van der Waals surface area (Å²) in [6.07, 6.45) is 7.35. The molecule has 0 radical (unpaired) electrons. The molecule has 0 aromatic carbocycles. The van der Waals surface area contributed by atoms with Gasteiger partial charge in [-0.05, 0) is 6.92 Å². The summed E-state index contributed by atoms with van der Waals surface area (Å²) in [5.74, 6) is 3.38. The molecule has 3 heteroatoms. The van der Waals surface area contributed by atoms with E-state index in [4.69, 9.17) is 6.42 Å². The highest BCUT2D eigenvalue weighted by Gasteiger charge is 1.91. The zero-order valence-electron chi connectivity index (χ0n) is 7.04. The molecule has 0 bridgehead atoms. The molecule has 1 heterocycles. The highest BCUT2D eigenvalue weighted by Crippen LogP contribution is 2.01. The molecule has 0 aliphatic heterocycles. The Morgan fingerprint density at radius 2 is 2.42 bits per heavy atom. The van der Waals surface area contributed by atoms with Gasteiger partial charge in [0.05, 0.1) is 0 Å². The molecule has 0 fully saturated rings. The van der Waals surface area contributed by atoms with Crippen molar-refractivity contribution in [2.75, 3.05) is 11.9 Å². The predicted molar refractivity (Wildman–Crippen MR) is 48.7 cm³/mol. The molecule has 0 aliphatic carbocycles. The first-order valence-corrected chi connectivity index (χ1v) is 3.79. The van der Waals surface area contributed by atoms with Gasteiger partial charge in [-0.25, -0.2) is 9.97 Å². The second-order valence-corrected chi connectivity index (χ2v) is 2.43. The smallest absolute Gasteiger partial charge is 0.129 e. The van der Waals surface area contributed by atoms with Crippen LogP contribution in [0.2, 0.25) is 0 Å². The van der Waals surface area contributed by atoms with E-state index in [1.54, 1.807) is 0 Å². The second kappa shape index (κ2) is 4.35. The predicted octanol–water partition coefficient (Wildman–Crippen LogP) is 1.22. The molecule has 0 spiro atoms. The summed E-state index contributed by atoms with van der Waals surface area (Å²) in [5, 5.41) is 3.09. The Hall–Kier alpha value is -1.56. The van der Waals surface area contributed by atoms with Gasteiger partial charge < -0.3 is 5.32 Å². The summed E-state index contributed by atoms with van der Waals surface area (Å²) < 4.78 is 0. The number of hydrogen-bond donors (Lipinski definition) is 1. The standard InChI is InChI=1S/C9H11N3/c1-3-4-5-10-9-6-8(2)11-7-12-9/h1,6-7H,4-5H2,2H3,(H,10,11,12). The Kier molecular flexibility index (Phi) is 3.09. The fourth-order valence-electron chi connectivity index (χ4n) is 0.814. The Morgan fingerprint density at radius 1 is 1.58 bits per heavy atom. The minimum absolute atomic E-state index is 0.711. The quantitative estimate of drug-likeness (QED) is 0.535. The zero-order chi connectivity index (χ0) is 8.81. The van der Waals surface area contributed by atoms with Crippen LogP contribution >= 0.6 is 0 Å². The third-order valence-corrected chi connectivity index (χ3v) is 1.38. The summed E-state index contributed by atoms with van der Waals surface area (Å²) >= 11 is 0. The number of nitrogens with zero attached hydrogens (tertiary/aromatic N) is 2. The fourth-order valence-corrected chi connectivity index (χ4v) is 0.814. The van der Waals surface area contributed by atoms with Gasteiger partial charge in [-0.15, -0.1) is 12.3 Å². The van der Waals surface area contributed by atoms with Gasteiger partial charge in [0.1, 0.15) is 12.1 Å². The Labute approximate surface area is 72.2 Å². The van der Waals surface area contributed by atoms with E-state index >= 15 is 0 Å². The van der Waals surface area contributed by atoms with Crippen molar-refractivity contribution in [2.45, 2.75) is 13.3 Å². The SMILES string of the molecule is C#CCCNc1cc(C)ncn1. The number of nitrogens with one attached hydrogen (secondary N) is 1. The van der Waals surface area contributed by atoms with Crippen molar-refractivity contribution in [3.05, 3.63) is 18.1 Å². The maximum Gasteiger partial charge on any atom is 0.129 e. The highest BCUT2D eigenvalue weighted by molar-refractivity contribution is 5.34. The lowest BCUT2D eigenvalue weighted by atomic mass is 10.4. The normalized spacial score (nSPS) is 9.00. The van der Waals surface area contributed by atoms with Crippen LogP contribution in [0.1, 0.15) is 12.1 Å². The number of anilines is 1. The van der Waals surface area contributed by atoms with Crippen molar-refractivity contribution in [1.82, 2.24) is 9.97 Å². The maximum absolute atomic E-state index is 5.10. The monoisotopic (exact) mass is 161 g/mol. The van der Waals surface area contributed by atoms with Crippen molar-refractivity contribution in [3.63, 3.8) is 0 Å². The minimum atomic E-state index is 0.711. The van der Waals surface area contributed by atoms with Crippen LogP contribution in [-0.2, 0) is 0 Å². The van der Waals surface area contributed by atoms with Crippen LogP contribution in [0.3, 0.4) is 0 Å². The van der Waals surface area contributed by atoms with E-state index in [0.717, 1.165) is 18.1 Å². The van der Waals surface area contributed by atoms with E-state index < -0.39 is 0 Å². The van der Waals surface area contributed by atoms with E-state index in [2.05, 4.69) is 21.2 Å². The lowest BCUT2D eigenvalue weighted by molar-refractivity contribution is 1.04. The topological polar surface area (TPSA) is 37.8 Å². The van der Waals surface area contributed by atoms with E-state index in [0.29, 0.717) is 6.42 Å². The van der Waals surface area contributed by atoms with E-state index in [-0.39, 0.29) is 0 Å². The summed E-state index contributed by atoms with van der Waals surface area (Å²) in [5.41, 5.74) is 0.952. The molecular formula is C9H11N3. The Morgan fingerprint density at radius 3 is 3.08 bits per heavy atom. The van der Waals surface area contributed by atoms with Crippen LogP contribution in [0.5, 0.6) is 0 Å². The third kappa shape index (κ3) is 2.59. The first kappa shape index (κ1) is 8.54. The fraction of sp³-hybridized carbons (Fsp3) is 0.333. The van der Waals surface area contributed by atoms with E-state index in [1.807, 2.05) is 13.0 Å². The average Bonchev–Trinajstić information content (AvgIpc) is 2.05. The summed E-state index contributed by atoms with van der Waals surface area (Å²) in [7, 11) is 0. The van der Waals surface area contributed by atoms with E-state index in [1.165, 1.54) is 6.33 Å².